The molecule has 5 nitrogen and oxygen atoms in total. The molecule has 0 heterocycles. The van der Waals surface area contributed by atoms with E-state index in [1.54, 1.807) is 12.1 Å². The highest BCUT2D eigenvalue weighted by atomic mass is 127. The number of amides is 1. The standard InChI is InChI=1S/C23H17F3I2N2O3/c1-32-20-10-15(9-19(28)21(20)33-13-14-5-7-18(27)8-6-14)12-29-30-22(31)16-3-2-4-17(11-16)23(24,25)26/h2-12H,13H2,1H3,(H,30,31)/b29-12-. The number of carbonyl (C=O) groups excluding carboxylic acids is 1. The fourth-order valence-electron chi connectivity index (χ4n) is 2.76. The van der Waals surface area contributed by atoms with Crippen molar-refractivity contribution in [2.45, 2.75) is 12.8 Å². The van der Waals surface area contributed by atoms with Crippen LogP contribution in [-0.4, -0.2) is 19.2 Å². The van der Waals surface area contributed by atoms with E-state index in [1.165, 1.54) is 25.5 Å². The number of methoxy groups -OCH3 is 1. The number of halogens is 5. The molecule has 0 aliphatic rings. The third-order valence-electron chi connectivity index (χ3n) is 4.38. The number of alkyl halides is 3. The van der Waals surface area contributed by atoms with Gasteiger partial charge in [0.05, 0.1) is 22.5 Å². The molecule has 0 bridgehead atoms. The van der Waals surface area contributed by atoms with Gasteiger partial charge in [-0.25, -0.2) is 5.43 Å². The summed E-state index contributed by atoms with van der Waals surface area (Å²) < 4.78 is 51.8. The number of benzene rings is 3. The van der Waals surface area contributed by atoms with E-state index in [9.17, 15) is 18.0 Å². The molecule has 0 saturated carbocycles. The van der Waals surface area contributed by atoms with Crippen LogP contribution in [-0.2, 0) is 12.8 Å². The fraction of sp³-hybridized carbons (Fsp3) is 0.130. The Labute approximate surface area is 215 Å². The molecule has 3 aromatic rings. The Bertz CT molecular complexity index is 1170. The quantitative estimate of drug-likeness (QED) is 0.182. The van der Waals surface area contributed by atoms with Gasteiger partial charge >= 0.3 is 6.18 Å². The molecule has 0 spiro atoms. The average molecular weight is 680 g/mol. The molecule has 3 aromatic carbocycles. The first-order chi connectivity index (χ1) is 15.7. The van der Waals surface area contributed by atoms with Crippen molar-refractivity contribution < 1.29 is 27.4 Å². The van der Waals surface area contributed by atoms with Gasteiger partial charge in [0.1, 0.15) is 6.61 Å². The van der Waals surface area contributed by atoms with Gasteiger partial charge in [0, 0.05) is 9.13 Å². The van der Waals surface area contributed by atoms with Crippen LogP contribution in [0.5, 0.6) is 11.5 Å². The smallest absolute Gasteiger partial charge is 0.416 e. The van der Waals surface area contributed by atoms with E-state index in [-0.39, 0.29) is 5.56 Å². The van der Waals surface area contributed by atoms with Crippen molar-refractivity contribution in [3.63, 3.8) is 0 Å². The number of ether oxygens (including phenoxy) is 2. The van der Waals surface area contributed by atoms with Crippen LogP contribution in [0.4, 0.5) is 13.2 Å². The summed E-state index contributed by atoms with van der Waals surface area (Å²) in [5.74, 6) is 0.302. The van der Waals surface area contributed by atoms with Gasteiger partial charge in [0.25, 0.3) is 5.91 Å². The van der Waals surface area contributed by atoms with Crippen molar-refractivity contribution >= 4 is 57.3 Å². The predicted octanol–water partition coefficient (Wildman–Crippen LogP) is 6.27. The van der Waals surface area contributed by atoms with Crippen LogP contribution < -0.4 is 14.9 Å². The molecule has 0 aliphatic heterocycles. The van der Waals surface area contributed by atoms with E-state index in [2.05, 4.69) is 55.7 Å². The molecule has 1 N–H and O–H groups in total. The predicted molar refractivity (Wildman–Crippen MR) is 136 cm³/mol. The Kier molecular flexibility index (Phi) is 8.57. The summed E-state index contributed by atoms with van der Waals surface area (Å²) in [6, 6.07) is 15.5. The monoisotopic (exact) mass is 680 g/mol. The zero-order valence-corrected chi connectivity index (χ0v) is 21.4. The van der Waals surface area contributed by atoms with E-state index < -0.39 is 17.6 Å². The van der Waals surface area contributed by atoms with Crippen LogP contribution in [0.15, 0.2) is 65.8 Å². The lowest BCUT2D eigenvalue weighted by molar-refractivity contribution is -0.137. The molecular formula is C23H17F3I2N2O3. The van der Waals surface area contributed by atoms with E-state index in [4.69, 9.17) is 9.47 Å². The normalized spacial score (nSPS) is 11.5. The Hall–Kier alpha value is -2.35. The number of rotatable bonds is 7. The summed E-state index contributed by atoms with van der Waals surface area (Å²) in [4.78, 5) is 12.2. The van der Waals surface area contributed by atoms with E-state index in [0.29, 0.717) is 23.7 Å². The molecule has 0 aromatic heterocycles. The lowest BCUT2D eigenvalue weighted by atomic mass is 10.1. The molecule has 0 unspecified atom stereocenters. The lowest BCUT2D eigenvalue weighted by Crippen LogP contribution is -2.18. The third kappa shape index (κ3) is 7.06. The fourth-order valence-corrected chi connectivity index (χ4v) is 3.90. The van der Waals surface area contributed by atoms with Crippen molar-refractivity contribution in [2.75, 3.05) is 7.11 Å². The van der Waals surface area contributed by atoms with Gasteiger partial charge in [-0.05, 0) is 98.8 Å². The summed E-state index contributed by atoms with van der Waals surface area (Å²) in [6.45, 7) is 0.365. The summed E-state index contributed by atoms with van der Waals surface area (Å²) in [5.41, 5.74) is 2.81. The van der Waals surface area contributed by atoms with Crippen LogP contribution in [0.1, 0.15) is 27.0 Å². The Morgan fingerprint density at radius 2 is 1.82 bits per heavy atom. The summed E-state index contributed by atoms with van der Waals surface area (Å²) in [5, 5.41) is 3.85. The van der Waals surface area contributed by atoms with Crippen molar-refractivity contribution in [3.05, 3.63) is 90.1 Å². The highest BCUT2D eigenvalue weighted by molar-refractivity contribution is 14.1. The molecule has 0 fully saturated rings. The number of hydrogen-bond acceptors (Lipinski definition) is 4. The second-order valence-corrected chi connectivity index (χ2v) is 9.13. The summed E-state index contributed by atoms with van der Waals surface area (Å²) in [7, 11) is 1.51. The van der Waals surface area contributed by atoms with Crippen molar-refractivity contribution in [3.8, 4) is 11.5 Å². The van der Waals surface area contributed by atoms with Gasteiger partial charge in [-0.15, -0.1) is 0 Å². The van der Waals surface area contributed by atoms with Gasteiger partial charge in [-0.2, -0.15) is 18.3 Å². The Morgan fingerprint density at radius 3 is 2.48 bits per heavy atom. The maximum Gasteiger partial charge on any atom is 0.416 e. The molecule has 0 atom stereocenters. The number of nitrogens with zero attached hydrogens (tertiary/aromatic N) is 1. The highest BCUT2D eigenvalue weighted by Gasteiger charge is 2.30. The lowest BCUT2D eigenvalue weighted by Gasteiger charge is -2.13. The van der Waals surface area contributed by atoms with Crippen molar-refractivity contribution in [1.29, 1.82) is 0 Å². The number of hydrogen-bond donors (Lipinski definition) is 1. The molecular weight excluding hydrogens is 663 g/mol. The molecule has 0 saturated heterocycles. The van der Waals surface area contributed by atoms with Crippen molar-refractivity contribution in [1.82, 2.24) is 5.43 Å². The number of nitrogens with one attached hydrogen (secondary N) is 1. The molecule has 10 heteroatoms. The second kappa shape index (κ2) is 11.2. The van der Waals surface area contributed by atoms with Gasteiger partial charge in [0.15, 0.2) is 11.5 Å². The first kappa shape index (κ1) is 25.3. The maximum absolute atomic E-state index is 12.8. The number of carbonyl (C=O) groups is 1. The van der Waals surface area contributed by atoms with Crippen molar-refractivity contribution in [2.24, 2.45) is 5.10 Å². The minimum atomic E-state index is -4.53. The summed E-state index contributed by atoms with van der Waals surface area (Å²) in [6.07, 6.45) is -3.16. The van der Waals surface area contributed by atoms with Crippen LogP contribution in [0, 0.1) is 7.14 Å². The van der Waals surface area contributed by atoms with Gasteiger partial charge in [-0.3, -0.25) is 4.79 Å². The zero-order chi connectivity index (χ0) is 24.0. The van der Waals surface area contributed by atoms with E-state index >= 15 is 0 Å². The minimum absolute atomic E-state index is 0.145. The molecule has 3 rings (SSSR count). The highest BCUT2D eigenvalue weighted by Crippen LogP contribution is 2.34. The largest absolute Gasteiger partial charge is 0.493 e. The Morgan fingerprint density at radius 1 is 1.09 bits per heavy atom. The molecule has 172 valence electrons. The summed E-state index contributed by atoms with van der Waals surface area (Å²) >= 11 is 4.34. The topological polar surface area (TPSA) is 59.9 Å². The van der Waals surface area contributed by atoms with Crippen LogP contribution >= 0.6 is 45.2 Å². The molecule has 0 aliphatic carbocycles. The number of hydrazone groups is 1. The maximum atomic E-state index is 12.8. The van der Waals surface area contributed by atoms with Crippen LogP contribution in [0.25, 0.3) is 0 Å². The van der Waals surface area contributed by atoms with Gasteiger partial charge in [0.2, 0.25) is 0 Å². The molecule has 33 heavy (non-hydrogen) atoms. The van der Waals surface area contributed by atoms with E-state index in [1.807, 2.05) is 24.3 Å². The zero-order valence-electron chi connectivity index (χ0n) is 17.1. The molecule has 1 amide bonds. The first-order valence-corrected chi connectivity index (χ1v) is 11.6. The average Bonchev–Trinajstić information content (AvgIpc) is 2.78. The first-order valence-electron chi connectivity index (χ1n) is 9.43. The van der Waals surface area contributed by atoms with Crippen LogP contribution in [0.2, 0.25) is 0 Å². The van der Waals surface area contributed by atoms with Gasteiger partial charge in [-0.1, -0.05) is 18.2 Å². The SMILES string of the molecule is COc1cc(/C=N\NC(=O)c2cccc(C(F)(F)F)c2)cc(I)c1OCc1ccc(I)cc1. The molecule has 0 radical (unpaired) electrons. The minimum Gasteiger partial charge on any atom is -0.493 e. The Balaban J connectivity index is 1.69. The van der Waals surface area contributed by atoms with E-state index in [0.717, 1.165) is 24.8 Å². The third-order valence-corrected chi connectivity index (χ3v) is 5.90. The van der Waals surface area contributed by atoms with Gasteiger partial charge < -0.3 is 9.47 Å². The second-order valence-electron chi connectivity index (χ2n) is 6.73. The van der Waals surface area contributed by atoms with Crippen LogP contribution in [0.3, 0.4) is 0 Å².